The van der Waals surface area contributed by atoms with Gasteiger partial charge in [-0.2, -0.15) is 0 Å². The molecule has 6 nitrogen and oxygen atoms in total. The number of hydrogen-bond donors (Lipinski definition) is 3. The third-order valence-corrected chi connectivity index (χ3v) is 4.07. The Kier molecular flexibility index (Phi) is 5.12. The Balaban J connectivity index is 2.78. The standard InChI is InChI=1S/C10H13BrN2O4S/c1-12-18(16,17)5-4-13-9-6-7(11)2-3-8(9)10(14)15/h2-3,6,12-13H,4-5H2,1H3,(H,14,15). The van der Waals surface area contributed by atoms with Crippen molar-refractivity contribution in [3.05, 3.63) is 28.2 Å². The van der Waals surface area contributed by atoms with Crippen molar-refractivity contribution in [1.82, 2.24) is 4.72 Å². The van der Waals surface area contributed by atoms with Crippen LogP contribution < -0.4 is 10.0 Å². The van der Waals surface area contributed by atoms with Crippen molar-refractivity contribution in [1.29, 1.82) is 0 Å². The second kappa shape index (κ2) is 6.17. The summed E-state index contributed by atoms with van der Waals surface area (Å²) in [4.78, 5) is 11.0. The van der Waals surface area contributed by atoms with Crippen LogP contribution in [0.25, 0.3) is 0 Å². The summed E-state index contributed by atoms with van der Waals surface area (Å²) in [5.74, 6) is -1.20. The van der Waals surface area contributed by atoms with Crippen molar-refractivity contribution in [3.63, 3.8) is 0 Å². The van der Waals surface area contributed by atoms with Gasteiger partial charge >= 0.3 is 5.97 Å². The molecule has 0 heterocycles. The maximum Gasteiger partial charge on any atom is 0.337 e. The van der Waals surface area contributed by atoms with Crippen LogP contribution in [0.15, 0.2) is 22.7 Å². The summed E-state index contributed by atoms with van der Waals surface area (Å²) in [5.41, 5.74) is 0.475. The van der Waals surface area contributed by atoms with Crippen molar-refractivity contribution in [2.45, 2.75) is 0 Å². The van der Waals surface area contributed by atoms with Gasteiger partial charge in [-0.1, -0.05) is 15.9 Å². The topological polar surface area (TPSA) is 95.5 Å². The number of hydrogen-bond acceptors (Lipinski definition) is 4. The van der Waals surface area contributed by atoms with Crippen LogP contribution in [-0.2, 0) is 10.0 Å². The fraction of sp³-hybridized carbons (Fsp3) is 0.300. The van der Waals surface area contributed by atoms with Gasteiger partial charge in [0.05, 0.1) is 11.3 Å². The van der Waals surface area contributed by atoms with E-state index in [0.717, 1.165) is 0 Å². The first-order chi connectivity index (χ1) is 8.35. The normalized spacial score (nSPS) is 11.2. The number of sulfonamides is 1. The van der Waals surface area contributed by atoms with Crippen LogP contribution in [0.2, 0.25) is 0 Å². The summed E-state index contributed by atoms with van der Waals surface area (Å²) in [6.45, 7) is 0.125. The molecule has 8 heteroatoms. The van der Waals surface area contributed by atoms with Crippen LogP contribution in [0.3, 0.4) is 0 Å². The summed E-state index contributed by atoms with van der Waals surface area (Å²) in [6, 6.07) is 4.65. The van der Waals surface area contributed by atoms with E-state index in [1.807, 2.05) is 0 Å². The Hall–Kier alpha value is -1.12. The van der Waals surface area contributed by atoms with Crippen LogP contribution in [0.1, 0.15) is 10.4 Å². The summed E-state index contributed by atoms with van der Waals surface area (Å²) in [7, 11) is -1.97. The molecule has 0 aliphatic carbocycles. The van der Waals surface area contributed by atoms with E-state index in [9.17, 15) is 13.2 Å². The minimum absolute atomic E-state index is 0.0973. The van der Waals surface area contributed by atoms with E-state index >= 15 is 0 Å². The van der Waals surface area contributed by atoms with Crippen LogP contribution in [0.4, 0.5) is 5.69 Å². The predicted octanol–water partition coefficient (Wildman–Crippen LogP) is 1.11. The summed E-state index contributed by atoms with van der Waals surface area (Å²) in [6.07, 6.45) is 0. The first kappa shape index (κ1) is 14.9. The molecule has 1 aromatic rings. The lowest BCUT2D eigenvalue weighted by Gasteiger charge is -2.10. The second-order valence-corrected chi connectivity index (χ2v) is 6.41. The van der Waals surface area contributed by atoms with E-state index in [-0.39, 0.29) is 17.9 Å². The van der Waals surface area contributed by atoms with Gasteiger partial charge in [0.2, 0.25) is 10.0 Å². The monoisotopic (exact) mass is 336 g/mol. The van der Waals surface area contributed by atoms with Gasteiger partial charge in [0.15, 0.2) is 0 Å². The minimum atomic E-state index is -3.30. The van der Waals surface area contributed by atoms with Gasteiger partial charge in [0, 0.05) is 16.7 Å². The molecule has 0 aliphatic rings. The number of benzene rings is 1. The first-order valence-corrected chi connectivity index (χ1v) is 7.48. The lowest BCUT2D eigenvalue weighted by molar-refractivity contribution is 0.0698. The Labute approximate surface area is 114 Å². The summed E-state index contributed by atoms with van der Waals surface area (Å²) >= 11 is 3.23. The lowest BCUT2D eigenvalue weighted by atomic mass is 10.2. The maximum atomic E-state index is 11.2. The highest BCUT2D eigenvalue weighted by molar-refractivity contribution is 9.10. The van der Waals surface area contributed by atoms with Gasteiger partial charge in [-0.15, -0.1) is 0 Å². The SMILES string of the molecule is CNS(=O)(=O)CCNc1cc(Br)ccc1C(=O)O. The Morgan fingerprint density at radius 3 is 2.67 bits per heavy atom. The van der Waals surface area contributed by atoms with Crippen molar-refractivity contribution in [3.8, 4) is 0 Å². The second-order valence-electron chi connectivity index (χ2n) is 3.44. The van der Waals surface area contributed by atoms with Crippen molar-refractivity contribution in [2.24, 2.45) is 0 Å². The molecular formula is C10H13BrN2O4S. The quantitative estimate of drug-likeness (QED) is 0.723. The highest BCUT2D eigenvalue weighted by Gasteiger charge is 2.11. The van der Waals surface area contributed by atoms with Crippen LogP contribution >= 0.6 is 15.9 Å². The fourth-order valence-electron chi connectivity index (χ4n) is 1.27. The van der Waals surface area contributed by atoms with Gasteiger partial charge in [-0.05, 0) is 25.2 Å². The lowest BCUT2D eigenvalue weighted by Crippen LogP contribution is -2.26. The zero-order chi connectivity index (χ0) is 13.8. The number of rotatable bonds is 6. The number of carboxylic acid groups (broad SMARTS) is 1. The van der Waals surface area contributed by atoms with E-state index < -0.39 is 16.0 Å². The Morgan fingerprint density at radius 2 is 2.11 bits per heavy atom. The van der Waals surface area contributed by atoms with E-state index in [2.05, 4.69) is 26.0 Å². The smallest absolute Gasteiger partial charge is 0.337 e. The number of carbonyl (C=O) groups is 1. The third kappa shape index (κ3) is 4.28. The fourth-order valence-corrected chi connectivity index (χ4v) is 2.21. The van der Waals surface area contributed by atoms with Crippen molar-refractivity contribution >= 4 is 37.6 Å². The number of anilines is 1. The van der Waals surface area contributed by atoms with Gasteiger partial charge in [-0.25, -0.2) is 17.9 Å². The average molecular weight is 337 g/mol. The molecule has 0 bridgehead atoms. The van der Waals surface area contributed by atoms with Gasteiger partial charge in [0.25, 0.3) is 0 Å². The zero-order valence-corrected chi connectivity index (χ0v) is 12.0. The molecule has 0 saturated carbocycles. The Morgan fingerprint density at radius 1 is 1.44 bits per heavy atom. The molecule has 1 aromatic carbocycles. The molecule has 0 aromatic heterocycles. The van der Waals surface area contributed by atoms with Crippen LogP contribution in [0, 0.1) is 0 Å². The Bertz CT molecular complexity index is 545. The molecule has 100 valence electrons. The van der Waals surface area contributed by atoms with Gasteiger partial charge in [-0.3, -0.25) is 0 Å². The largest absolute Gasteiger partial charge is 0.478 e. The predicted molar refractivity (Wildman–Crippen MR) is 72.4 cm³/mol. The first-order valence-electron chi connectivity index (χ1n) is 5.03. The summed E-state index contributed by atoms with van der Waals surface area (Å²) in [5, 5.41) is 11.8. The number of halogens is 1. The molecule has 0 atom stereocenters. The molecule has 18 heavy (non-hydrogen) atoms. The molecular weight excluding hydrogens is 324 g/mol. The zero-order valence-electron chi connectivity index (χ0n) is 9.60. The molecule has 0 spiro atoms. The minimum Gasteiger partial charge on any atom is -0.478 e. The molecule has 0 unspecified atom stereocenters. The molecule has 1 rings (SSSR count). The molecule has 0 amide bonds. The molecule has 0 saturated heterocycles. The highest BCUT2D eigenvalue weighted by atomic mass is 79.9. The van der Waals surface area contributed by atoms with Crippen LogP contribution in [0.5, 0.6) is 0 Å². The molecule has 0 fully saturated rings. The van der Waals surface area contributed by atoms with Crippen LogP contribution in [-0.4, -0.2) is 38.8 Å². The summed E-state index contributed by atoms with van der Waals surface area (Å²) < 4.78 is 25.3. The number of aromatic carboxylic acids is 1. The average Bonchev–Trinajstić information content (AvgIpc) is 2.28. The van der Waals surface area contributed by atoms with E-state index in [1.54, 1.807) is 12.1 Å². The number of carboxylic acids is 1. The number of nitrogens with one attached hydrogen (secondary N) is 2. The maximum absolute atomic E-state index is 11.2. The third-order valence-electron chi connectivity index (χ3n) is 2.21. The highest BCUT2D eigenvalue weighted by Crippen LogP contribution is 2.21. The molecule has 0 aliphatic heterocycles. The van der Waals surface area contributed by atoms with E-state index in [4.69, 9.17) is 5.11 Å². The molecule has 3 N–H and O–H groups in total. The molecule has 0 radical (unpaired) electrons. The van der Waals surface area contributed by atoms with Crippen molar-refractivity contribution in [2.75, 3.05) is 24.7 Å². The van der Waals surface area contributed by atoms with E-state index in [0.29, 0.717) is 10.2 Å². The van der Waals surface area contributed by atoms with Gasteiger partial charge < -0.3 is 10.4 Å². The van der Waals surface area contributed by atoms with Gasteiger partial charge in [0.1, 0.15) is 0 Å². The van der Waals surface area contributed by atoms with Crippen molar-refractivity contribution < 1.29 is 18.3 Å². The van der Waals surface area contributed by atoms with E-state index in [1.165, 1.54) is 13.1 Å².